The molecule has 0 spiro atoms. The number of allylic oxidation sites excluding steroid dienone is 1. The van der Waals surface area contributed by atoms with Gasteiger partial charge in [0.05, 0.1) is 4.92 Å². The SMILES string of the molecule is CC(C)CC(=O)/C(=C\c1ccc([N+](=O)[O-])cc1)n1cncn1. The first-order valence-electron chi connectivity index (χ1n) is 6.81. The highest BCUT2D eigenvalue weighted by Crippen LogP contribution is 2.18. The van der Waals surface area contributed by atoms with E-state index in [0.717, 1.165) is 0 Å². The number of carbonyl (C=O) groups is 1. The van der Waals surface area contributed by atoms with Crippen molar-refractivity contribution >= 4 is 23.2 Å². The number of aromatic nitrogens is 3. The minimum Gasteiger partial charge on any atom is -0.292 e. The highest BCUT2D eigenvalue weighted by molar-refractivity contribution is 6.19. The highest BCUT2D eigenvalue weighted by atomic mass is 16.6. The zero-order valence-electron chi connectivity index (χ0n) is 12.3. The van der Waals surface area contributed by atoms with Crippen LogP contribution in [-0.4, -0.2) is 25.5 Å². The fourth-order valence-electron chi connectivity index (χ4n) is 1.93. The molecule has 7 nitrogen and oxygen atoms in total. The summed E-state index contributed by atoms with van der Waals surface area (Å²) < 4.78 is 1.41. The molecule has 114 valence electrons. The van der Waals surface area contributed by atoms with E-state index in [1.54, 1.807) is 18.2 Å². The minimum atomic E-state index is -0.463. The third-order valence-electron chi connectivity index (χ3n) is 2.95. The number of benzene rings is 1. The number of rotatable bonds is 6. The maximum Gasteiger partial charge on any atom is 0.269 e. The maximum atomic E-state index is 12.4. The number of hydrogen-bond donors (Lipinski definition) is 0. The topological polar surface area (TPSA) is 90.9 Å². The summed E-state index contributed by atoms with van der Waals surface area (Å²) in [6.45, 7) is 3.92. The molecular formula is C15H16N4O3. The van der Waals surface area contributed by atoms with E-state index in [1.807, 2.05) is 13.8 Å². The molecule has 2 rings (SSSR count). The Morgan fingerprint density at radius 2 is 2.05 bits per heavy atom. The van der Waals surface area contributed by atoms with E-state index < -0.39 is 4.92 Å². The zero-order valence-corrected chi connectivity index (χ0v) is 12.3. The predicted molar refractivity (Wildman–Crippen MR) is 81.7 cm³/mol. The molecule has 0 aliphatic heterocycles. The van der Waals surface area contributed by atoms with E-state index in [2.05, 4.69) is 10.1 Å². The van der Waals surface area contributed by atoms with Crippen LogP contribution in [-0.2, 0) is 4.79 Å². The molecule has 0 aliphatic rings. The molecule has 0 unspecified atom stereocenters. The van der Waals surface area contributed by atoms with Crippen molar-refractivity contribution < 1.29 is 9.72 Å². The Kier molecular flexibility index (Phi) is 4.77. The molecule has 1 heterocycles. The average Bonchev–Trinajstić information content (AvgIpc) is 2.98. The van der Waals surface area contributed by atoms with Crippen LogP contribution in [0.5, 0.6) is 0 Å². The number of hydrogen-bond acceptors (Lipinski definition) is 5. The van der Waals surface area contributed by atoms with Gasteiger partial charge in [0.15, 0.2) is 5.78 Å². The Morgan fingerprint density at radius 3 is 2.55 bits per heavy atom. The summed E-state index contributed by atoms with van der Waals surface area (Å²) in [5.74, 6) is 0.162. The fraction of sp³-hybridized carbons (Fsp3) is 0.267. The molecule has 2 aromatic rings. The molecular weight excluding hydrogens is 284 g/mol. The van der Waals surface area contributed by atoms with E-state index in [4.69, 9.17) is 0 Å². The van der Waals surface area contributed by atoms with Crippen molar-refractivity contribution in [2.75, 3.05) is 0 Å². The Balaban J connectivity index is 2.36. The summed E-state index contributed by atoms with van der Waals surface area (Å²) in [5, 5.41) is 14.7. The second kappa shape index (κ2) is 6.75. The Bertz CT molecular complexity index is 688. The van der Waals surface area contributed by atoms with Gasteiger partial charge in [0.25, 0.3) is 5.69 Å². The van der Waals surface area contributed by atoms with Gasteiger partial charge < -0.3 is 0 Å². The van der Waals surface area contributed by atoms with Crippen LogP contribution in [0, 0.1) is 16.0 Å². The molecule has 0 aliphatic carbocycles. The van der Waals surface area contributed by atoms with E-state index in [-0.39, 0.29) is 17.4 Å². The summed E-state index contributed by atoms with van der Waals surface area (Å²) in [7, 11) is 0. The first-order valence-corrected chi connectivity index (χ1v) is 6.81. The van der Waals surface area contributed by atoms with Crippen LogP contribution in [0.2, 0.25) is 0 Å². The maximum absolute atomic E-state index is 12.4. The number of carbonyl (C=O) groups excluding carboxylic acids is 1. The fourth-order valence-corrected chi connectivity index (χ4v) is 1.93. The first-order chi connectivity index (χ1) is 10.5. The van der Waals surface area contributed by atoms with Crippen LogP contribution in [0.3, 0.4) is 0 Å². The molecule has 0 saturated carbocycles. The number of nitro groups is 1. The van der Waals surface area contributed by atoms with Crippen molar-refractivity contribution in [1.82, 2.24) is 14.8 Å². The second-order valence-corrected chi connectivity index (χ2v) is 5.24. The van der Waals surface area contributed by atoms with Gasteiger partial charge in [-0.1, -0.05) is 13.8 Å². The van der Waals surface area contributed by atoms with Crippen LogP contribution >= 0.6 is 0 Å². The van der Waals surface area contributed by atoms with Crippen molar-refractivity contribution in [3.63, 3.8) is 0 Å². The molecule has 0 radical (unpaired) electrons. The highest BCUT2D eigenvalue weighted by Gasteiger charge is 2.14. The molecule has 0 bridgehead atoms. The molecule has 0 N–H and O–H groups in total. The monoisotopic (exact) mass is 300 g/mol. The van der Waals surface area contributed by atoms with Gasteiger partial charge >= 0.3 is 0 Å². The molecule has 7 heteroatoms. The number of nitro benzene ring substituents is 1. The lowest BCUT2D eigenvalue weighted by Gasteiger charge is -2.08. The summed E-state index contributed by atoms with van der Waals surface area (Å²) >= 11 is 0. The normalized spacial score (nSPS) is 11.7. The summed E-state index contributed by atoms with van der Waals surface area (Å²) in [6, 6.07) is 5.99. The van der Waals surface area contributed by atoms with E-state index in [0.29, 0.717) is 17.7 Å². The molecule has 22 heavy (non-hydrogen) atoms. The Hall–Kier alpha value is -2.83. The number of ketones is 1. The van der Waals surface area contributed by atoms with Crippen LogP contribution in [0.15, 0.2) is 36.9 Å². The molecule has 0 atom stereocenters. The number of Topliss-reactive ketones (excluding diaryl/α,β-unsaturated/α-hetero) is 1. The van der Waals surface area contributed by atoms with Gasteiger partial charge in [-0.05, 0) is 29.7 Å². The lowest BCUT2D eigenvalue weighted by atomic mass is 10.0. The van der Waals surface area contributed by atoms with Gasteiger partial charge in [-0.25, -0.2) is 9.67 Å². The summed E-state index contributed by atoms with van der Waals surface area (Å²) in [6.07, 6.45) is 4.85. The number of non-ortho nitro benzene ring substituents is 1. The van der Waals surface area contributed by atoms with Crippen molar-refractivity contribution in [2.24, 2.45) is 5.92 Å². The van der Waals surface area contributed by atoms with Crippen molar-refractivity contribution in [3.8, 4) is 0 Å². The lowest BCUT2D eigenvalue weighted by Crippen LogP contribution is -2.11. The predicted octanol–water partition coefficient (Wildman–Crippen LogP) is 2.80. The van der Waals surface area contributed by atoms with E-state index >= 15 is 0 Å². The summed E-state index contributed by atoms with van der Waals surface area (Å²) in [4.78, 5) is 26.4. The molecule has 0 amide bonds. The van der Waals surface area contributed by atoms with Gasteiger partial charge in [-0.3, -0.25) is 14.9 Å². The Labute approximate surface area is 127 Å². The van der Waals surface area contributed by atoms with Crippen LogP contribution in [0.4, 0.5) is 5.69 Å². The first kappa shape index (κ1) is 15.6. The molecule has 0 fully saturated rings. The largest absolute Gasteiger partial charge is 0.292 e. The third kappa shape index (κ3) is 3.85. The van der Waals surface area contributed by atoms with Crippen LogP contribution < -0.4 is 0 Å². The standard InChI is InChI=1S/C15H16N4O3/c1-11(2)7-15(20)14(18-10-16-9-17-18)8-12-3-5-13(6-4-12)19(21)22/h3-6,8-11H,7H2,1-2H3/b14-8+. The van der Waals surface area contributed by atoms with E-state index in [9.17, 15) is 14.9 Å². The Morgan fingerprint density at radius 1 is 1.36 bits per heavy atom. The van der Waals surface area contributed by atoms with Gasteiger partial charge in [-0.15, -0.1) is 0 Å². The summed E-state index contributed by atoms with van der Waals surface area (Å²) in [5.41, 5.74) is 1.08. The van der Waals surface area contributed by atoms with Crippen molar-refractivity contribution in [2.45, 2.75) is 20.3 Å². The van der Waals surface area contributed by atoms with Crippen LogP contribution in [0.25, 0.3) is 11.8 Å². The quantitative estimate of drug-likeness (QED) is 0.465. The lowest BCUT2D eigenvalue weighted by molar-refractivity contribution is -0.384. The zero-order chi connectivity index (χ0) is 16.1. The molecule has 1 aromatic carbocycles. The smallest absolute Gasteiger partial charge is 0.269 e. The van der Waals surface area contributed by atoms with Gasteiger partial charge in [-0.2, -0.15) is 5.10 Å². The number of nitrogens with zero attached hydrogens (tertiary/aromatic N) is 4. The van der Waals surface area contributed by atoms with Gasteiger partial charge in [0.2, 0.25) is 0 Å². The molecule has 1 aromatic heterocycles. The van der Waals surface area contributed by atoms with Crippen molar-refractivity contribution in [3.05, 3.63) is 52.6 Å². The second-order valence-electron chi connectivity index (χ2n) is 5.24. The van der Waals surface area contributed by atoms with Crippen molar-refractivity contribution in [1.29, 1.82) is 0 Å². The van der Waals surface area contributed by atoms with E-state index in [1.165, 1.54) is 29.5 Å². The van der Waals surface area contributed by atoms with Gasteiger partial charge in [0.1, 0.15) is 18.4 Å². The molecule has 0 saturated heterocycles. The average molecular weight is 300 g/mol. The van der Waals surface area contributed by atoms with Crippen LogP contribution in [0.1, 0.15) is 25.8 Å². The van der Waals surface area contributed by atoms with Gasteiger partial charge in [0, 0.05) is 18.6 Å². The minimum absolute atomic E-state index is 0.00737. The third-order valence-corrected chi connectivity index (χ3v) is 2.95.